The van der Waals surface area contributed by atoms with Crippen molar-refractivity contribution >= 4 is 53.3 Å². The maximum Gasteiger partial charge on any atom is 0.164 e. The Balaban J connectivity index is 1.33. The minimum Gasteiger partial charge on any atom is -0.308 e. The van der Waals surface area contributed by atoms with Crippen molar-refractivity contribution in [2.24, 2.45) is 0 Å². The molecule has 0 saturated heterocycles. The van der Waals surface area contributed by atoms with Crippen LogP contribution in [0.3, 0.4) is 0 Å². The standard InChI is InChI=1S/C45H28N4S/c1-4-15-29(16-5-1)40-36(45-47-43(30-17-6-2-7-18-30)46-44(48-45)31-19-8-3-9-20-31)28-27-35-34-23-14-26-39(41(34)50-42(35)40)49-37-24-12-10-21-32(37)33-22-11-13-25-38(33)49/h1-28H/i1D,4D,5D,15D,16D. The zero-order chi connectivity index (χ0) is 37.4. The smallest absolute Gasteiger partial charge is 0.164 e. The van der Waals surface area contributed by atoms with Gasteiger partial charge >= 0.3 is 0 Å². The lowest BCUT2D eigenvalue weighted by Crippen LogP contribution is -2.01. The van der Waals surface area contributed by atoms with Gasteiger partial charge in [0, 0.05) is 48.5 Å². The van der Waals surface area contributed by atoms with Crippen molar-refractivity contribution < 1.29 is 6.85 Å². The van der Waals surface area contributed by atoms with Crippen molar-refractivity contribution in [1.82, 2.24) is 19.5 Å². The topological polar surface area (TPSA) is 43.6 Å². The molecular formula is C45H28N4S. The second-order valence-corrected chi connectivity index (χ2v) is 13.0. The van der Waals surface area contributed by atoms with Crippen molar-refractivity contribution in [3.8, 4) is 51.0 Å². The summed E-state index contributed by atoms with van der Waals surface area (Å²) in [6.45, 7) is 0. The van der Waals surface area contributed by atoms with Gasteiger partial charge in [0.2, 0.25) is 0 Å². The normalized spacial score (nSPS) is 13.0. The summed E-state index contributed by atoms with van der Waals surface area (Å²) >= 11 is 1.54. The first-order valence-electron chi connectivity index (χ1n) is 18.8. The number of hydrogen-bond donors (Lipinski definition) is 0. The molecule has 0 spiro atoms. The van der Waals surface area contributed by atoms with Gasteiger partial charge in [0.15, 0.2) is 17.5 Å². The number of aromatic nitrogens is 4. The first-order chi connectivity index (χ1) is 26.9. The molecule has 3 aromatic heterocycles. The van der Waals surface area contributed by atoms with Gasteiger partial charge in [0.05, 0.1) is 28.3 Å². The molecule has 0 N–H and O–H groups in total. The van der Waals surface area contributed by atoms with Gasteiger partial charge in [-0.1, -0.05) is 145 Å². The third-order valence-electron chi connectivity index (χ3n) is 9.16. The van der Waals surface area contributed by atoms with Gasteiger partial charge < -0.3 is 4.57 Å². The first kappa shape index (κ1) is 23.8. The molecule has 0 radical (unpaired) electrons. The number of rotatable bonds is 5. The lowest BCUT2D eigenvalue weighted by atomic mass is 9.96. The summed E-state index contributed by atoms with van der Waals surface area (Å²) in [5.41, 5.74) is 5.85. The van der Waals surface area contributed by atoms with E-state index < -0.39 is 18.1 Å². The predicted molar refractivity (Wildman–Crippen MR) is 209 cm³/mol. The number of thiophene rings is 1. The molecule has 0 fully saturated rings. The zero-order valence-corrected chi connectivity index (χ0v) is 27.3. The van der Waals surface area contributed by atoms with Crippen LogP contribution in [-0.4, -0.2) is 19.5 Å². The summed E-state index contributed by atoms with van der Waals surface area (Å²) in [4.78, 5) is 14.9. The fraction of sp³-hybridized carbons (Fsp3) is 0. The van der Waals surface area contributed by atoms with E-state index in [0.29, 0.717) is 28.6 Å². The van der Waals surface area contributed by atoms with Gasteiger partial charge in [0.25, 0.3) is 0 Å². The molecule has 0 saturated carbocycles. The van der Waals surface area contributed by atoms with Gasteiger partial charge in [-0.3, -0.25) is 0 Å². The van der Waals surface area contributed by atoms with Crippen LogP contribution >= 0.6 is 11.3 Å². The Hall–Kier alpha value is -6.43. The van der Waals surface area contributed by atoms with Crippen molar-refractivity contribution in [3.05, 3.63) is 170 Å². The van der Waals surface area contributed by atoms with Crippen LogP contribution in [0.4, 0.5) is 0 Å². The summed E-state index contributed by atoms with van der Waals surface area (Å²) in [7, 11) is 0. The van der Waals surface area contributed by atoms with E-state index in [4.69, 9.17) is 19.1 Å². The number of fused-ring (bicyclic) bond motifs is 6. The second kappa shape index (κ2) is 11.6. The van der Waals surface area contributed by atoms with Gasteiger partial charge in [0.1, 0.15) is 0 Å². The second-order valence-electron chi connectivity index (χ2n) is 12.0. The van der Waals surface area contributed by atoms with Crippen LogP contribution in [0.5, 0.6) is 0 Å². The molecule has 5 heteroatoms. The molecule has 0 aliphatic rings. The summed E-state index contributed by atoms with van der Waals surface area (Å²) in [5.74, 6) is 1.25. The van der Waals surface area contributed by atoms with E-state index in [1.54, 1.807) is 11.3 Å². The third kappa shape index (κ3) is 4.55. The van der Waals surface area contributed by atoms with Crippen LogP contribution < -0.4 is 0 Å². The highest BCUT2D eigenvalue weighted by atomic mass is 32.1. The molecule has 4 nitrogen and oxygen atoms in total. The molecule has 0 atom stereocenters. The Morgan fingerprint density at radius 2 is 0.980 bits per heavy atom. The van der Waals surface area contributed by atoms with Crippen molar-refractivity contribution in [1.29, 1.82) is 0 Å². The maximum atomic E-state index is 9.21. The molecule has 0 amide bonds. The van der Waals surface area contributed by atoms with Crippen LogP contribution in [0.1, 0.15) is 6.85 Å². The fourth-order valence-electron chi connectivity index (χ4n) is 6.94. The highest BCUT2D eigenvalue weighted by Gasteiger charge is 2.22. The van der Waals surface area contributed by atoms with E-state index in [2.05, 4.69) is 59.2 Å². The quantitative estimate of drug-likeness (QED) is 0.184. The minimum absolute atomic E-state index is 0.0968. The van der Waals surface area contributed by atoms with E-state index in [-0.39, 0.29) is 17.6 Å². The molecule has 3 heterocycles. The highest BCUT2D eigenvalue weighted by Crippen LogP contribution is 2.47. The zero-order valence-electron chi connectivity index (χ0n) is 31.5. The average molecular weight is 662 g/mol. The molecule has 10 rings (SSSR count). The minimum atomic E-state index is -0.449. The molecule has 234 valence electrons. The number of benzene rings is 7. The molecule has 0 bridgehead atoms. The largest absolute Gasteiger partial charge is 0.308 e. The van der Waals surface area contributed by atoms with Gasteiger partial charge in [-0.05, 0) is 29.8 Å². The van der Waals surface area contributed by atoms with Crippen LogP contribution in [0, 0.1) is 0 Å². The van der Waals surface area contributed by atoms with Gasteiger partial charge in [-0.15, -0.1) is 11.3 Å². The summed E-state index contributed by atoms with van der Waals surface area (Å²) < 4.78 is 48.3. The fourth-order valence-corrected chi connectivity index (χ4v) is 8.30. The van der Waals surface area contributed by atoms with Gasteiger partial charge in [-0.2, -0.15) is 0 Å². The predicted octanol–water partition coefficient (Wildman–Crippen LogP) is 12.0. The lowest BCUT2D eigenvalue weighted by Gasteiger charge is -2.13. The lowest BCUT2D eigenvalue weighted by molar-refractivity contribution is 1.07. The average Bonchev–Trinajstić information content (AvgIpc) is 3.79. The Kier molecular flexibility index (Phi) is 5.54. The SMILES string of the molecule is [2H]c1c([2H])c([2H])c(-c2c(-c3nc(-c4ccccc4)nc(-c4ccccc4)n3)ccc3c2sc2c(-n4c5ccccc5c5ccccc54)cccc23)c([2H])c1[2H]. The van der Waals surface area contributed by atoms with Crippen LogP contribution in [0.25, 0.3) is 93.0 Å². The van der Waals surface area contributed by atoms with Crippen LogP contribution in [0.2, 0.25) is 0 Å². The number of hydrogen-bond acceptors (Lipinski definition) is 4. The molecule has 0 unspecified atom stereocenters. The summed E-state index contributed by atoms with van der Waals surface area (Å²) in [6, 6.07) is 44.5. The van der Waals surface area contributed by atoms with E-state index in [0.717, 1.165) is 58.8 Å². The van der Waals surface area contributed by atoms with E-state index >= 15 is 0 Å². The van der Waals surface area contributed by atoms with Crippen LogP contribution in [-0.2, 0) is 0 Å². The third-order valence-corrected chi connectivity index (χ3v) is 10.4. The van der Waals surface area contributed by atoms with E-state index in [1.165, 1.54) is 0 Å². The number of para-hydroxylation sites is 2. The van der Waals surface area contributed by atoms with E-state index in [1.807, 2.05) is 84.9 Å². The maximum absolute atomic E-state index is 9.21. The Labute approximate surface area is 299 Å². The molecule has 10 aromatic rings. The Morgan fingerprint density at radius 1 is 0.440 bits per heavy atom. The monoisotopic (exact) mass is 661 g/mol. The summed E-state index contributed by atoms with van der Waals surface area (Å²) in [6.07, 6.45) is 0. The Bertz CT molecular complexity index is 3020. The Morgan fingerprint density at radius 3 is 1.62 bits per heavy atom. The van der Waals surface area contributed by atoms with Crippen molar-refractivity contribution in [3.63, 3.8) is 0 Å². The van der Waals surface area contributed by atoms with Gasteiger partial charge in [-0.25, -0.2) is 15.0 Å². The van der Waals surface area contributed by atoms with E-state index in [9.17, 15) is 2.74 Å². The molecule has 7 aromatic carbocycles. The molecule has 0 aliphatic heterocycles. The van der Waals surface area contributed by atoms with Crippen LogP contribution in [0.15, 0.2) is 170 Å². The van der Waals surface area contributed by atoms with Crippen molar-refractivity contribution in [2.45, 2.75) is 0 Å². The molecule has 0 aliphatic carbocycles. The first-order valence-corrected chi connectivity index (χ1v) is 17.1. The van der Waals surface area contributed by atoms with Crippen molar-refractivity contribution in [2.75, 3.05) is 0 Å². The summed E-state index contributed by atoms with van der Waals surface area (Å²) in [5, 5.41) is 4.19. The molecule has 50 heavy (non-hydrogen) atoms. The molecular weight excluding hydrogens is 629 g/mol. The number of nitrogens with zero attached hydrogens (tertiary/aromatic N) is 4. The highest BCUT2D eigenvalue weighted by molar-refractivity contribution is 7.26.